The summed E-state index contributed by atoms with van der Waals surface area (Å²) in [5.41, 5.74) is -0.643. The fourth-order valence-corrected chi connectivity index (χ4v) is 4.52. The molecular formula is C24H25F3N4O4S. The minimum absolute atomic E-state index is 0.103. The van der Waals surface area contributed by atoms with Gasteiger partial charge in [0.15, 0.2) is 5.03 Å². The Morgan fingerprint density at radius 3 is 2.39 bits per heavy atom. The van der Waals surface area contributed by atoms with Crippen LogP contribution in [-0.2, 0) is 21.0 Å². The SMILES string of the molecule is CC[C@@H](Nc1cccc(S(=O)(=O)Nc2ccc(C(F)(F)F)c(-c3ccccc3C)n2)n1)[C@H](O)CC=O. The molecule has 0 aliphatic rings. The van der Waals surface area contributed by atoms with E-state index in [1.165, 1.54) is 24.3 Å². The van der Waals surface area contributed by atoms with Crippen LogP contribution in [0.25, 0.3) is 11.3 Å². The number of hydrogen-bond acceptors (Lipinski definition) is 7. The number of aromatic nitrogens is 2. The van der Waals surface area contributed by atoms with E-state index in [1.54, 1.807) is 32.0 Å². The van der Waals surface area contributed by atoms with Crippen molar-refractivity contribution in [2.75, 3.05) is 10.0 Å². The van der Waals surface area contributed by atoms with Gasteiger partial charge in [-0.05, 0) is 43.2 Å². The first-order valence-electron chi connectivity index (χ1n) is 11.0. The van der Waals surface area contributed by atoms with Crippen LogP contribution in [-0.4, -0.2) is 41.9 Å². The fourth-order valence-electron chi connectivity index (χ4n) is 3.55. The molecule has 0 saturated carbocycles. The van der Waals surface area contributed by atoms with E-state index in [0.717, 1.165) is 12.1 Å². The summed E-state index contributed by atoms with van der Waals surface area (Å²) < 4.78 is 69.1. The fraction of sp³-hybridized carbons (Fsp3) is 0.292. The highest BCUT2D eigenvalue weighted by Gasteiger charge is 2.35. The van der Waals surface area contributed by atoms with Crippen molar-refractivity contribution in [2.45, 2.75) is 50.0 Å². The second-order valence-corrected chi connectivity index (χ2v) is 9.63. The molecule has 2 heterocycles. The van der Waals surface area contributed by atoms with Crippen molar-refractivity contribution in [3.63, 3.8) is 0 Å². The number of rotatable bonds is 10. The number of aliphatic hydroxyl groups excluding tert-OH is 1. The lowest BCUT2D eigenvalue weighted by molar-refractivity contribution is -0.137. The average molecular weight is 523 g/mol. The number of carbonyl (C=O) groups excluding carboxylic acids is 1. The second-order valence-electron chi connectivity index (χ2n) is 8.00. The van der Waals surface area contributed by atoms with Crippen LogP contribution in [0.5, 0.6) is 0 Å². The van der Waals surface area contributed by atoms with Crippen LogP contribution in [0.15, 0.2) is 59.6 Å². The van der Waals surface area contributed by atoms with E-state index < -0.39 is 44.6 Å². The summed E-state index contributed by atoms with van der Waals surface area (Å²) in [5, 5.41) is 12.6. The first-order valence-corrected chi connectivity index (χ1v) is 12.5. The highest BCUT2D eigenvalue weighted by Crippen LogP contribution is 2.38. The van der Waals surface area contributed by atoms with Gasteiger partial charge in [0.25, 0.3) is 10.0 Å². The number of hydrogen-bond donors (Lipinski definition) is 3. The average Bonchev–Trinajstić information content (AvgIpc) is 2.82. The Morgan fingerprint density at radius 2 is 1.75 bits per heavy atom. The normalized spacial score (nSPS) is 13.6. The number of nitrogens with zero attached hydrogens (tertiary/aromatic N) is 2. The van der Waals surface area contributed by atoms with Crippen molar-refractivity contribution in [3.05, 3.63) is 65.7 Å². The number of halogens is 3. The van der Waals surface area contributed by atoms with Crippen LogP contribution in [0.4, 0.5) is 24.8 Å². The van der Waals surface area contributed by atoms with Gasteiger partial charge in [0.05, 0.1) is 23.4 Å². The van der Waals surface area contributed by atoms with E-state index in [-0.39, 0.29) is 23.6 Å². The van der Waals surface area contributed by atoms with Gasteiger partial charge >= 0.3 is 6.18 Å². The standard InChI is InChI=1S/C24H25F3N4O4S/c1-3-18(19(33)13-14-32)28-20-9-6-10-22(29-20)36(34,35)31-21-12-11-17(24(25,26)27)23(30-21)16-8-5-4-7-15(16)2/h4-12,14,18-19,33H,3,13H2,1-2H3,(H,28,29)(H,30,31)/t18-,19-/m1/s1. The van der Waals surface area contributed by atoms with Crippen LogP contribution < -0.4 is 10.0 Å². The van der Waals surface area contributed by atoms with E-state index in [2.05, 4.69) is 20.0 Å². The number of aliphatic hydroxyl groups is 1. The molecule has 1 aromatic carbocycles. The third-order valence-electron chi connectivity index (χ3n) is 5.41. The molecule has 8 nitrogen and oxygen atoms in total. The monoisotopic (exact) mass is 522 g/mol. The van der Waals surface area contributed by atoms with Crippen molar-refractivity contribution in [3.8, 4) is 11.3 Å². The van der Waals surface area contributed by atoms with Gasteiger partial charge in [-0.3, -0.25) is 4.72 Å². The predicted octanol–water partition coefficient (Wildman–Crippen LogP) is 4.41. The zero-order valence-corrected chi connectivity index (χ0v) is 20.3. The smallest absolute Gasteiger partial charge is 0.391 e. The maximum Gasteiger partial charge on any atom is 0.418 e. The van der Waals surface area contributed by atoms with Crippen molar-refractivity contribution in [1.29, 1.82) is 0 Å². The molecule has 0 bridgehead atoms. The van der Waals surface area contributed by atoms with Crippen molar-refractivity contribution in [1.82, 2.24) is 9.97 Å². The molecule has 3 rings (SSSR count). The number of anilines is 2. The first-order chi connectivity index (χ1) is 17.0. The molecule has 2 atom stereocenters. The maximum absolute atomic E-state index is 13.7. The van der Waals surface area contributed by atoms with Crippen LogP contribution in [0.3, 0.4) is 0 Å². The van der Waals surface area contributed by atoms with Crippen molar-refractivity contribution < 1.29 is 31.5 Å². The van der Waals surface area contributed by atoms with Gasteiger partial charge in [-0.25, -0.2) is 9.97 Å². The van der Waals surface area contributed by atoms with E-state index in [4.69, 9.17) is 0 Å². The minimum atomic E-state index is -4.70. The molecule has 0 saturated heterocycles. The van der Waals surface area contributed by atoms with E-state index in [1.807, 2.05) is 0 Å². The van der Waals surface area contributed by atoms with E-state index in [9.17, 15) is 31.5 Å². The third kappa shape index (κ3) is 6.38. The molecule has 2 aromatic heterocycles. The van der Waals surface area contributed by atoms with Gasteiger partial charge in [-0.2, -0.15) is 21.6 Å². The molecule has 0 amide bonds. The third-order valence-corrected chi connectivity index (χ3v) is 6.67. The number of benzene rings is 1. The molecule has 0 fully saturated rings. The Kier molecular flexibility index (Phi) is 8.31. The Balaban J connectivity index is 1.94. The summed E-state index contributed by atoms with van der Waals surface area (Å²) in [7, 11) is -4.33. The van der Waals surface area contributed by atoms with Crippen LogP contribution in [0, 0.1) is 6.92 Å². The van der Waals surface area contributed by atoms with Crippen molar-refractivity contribution in [2.24, 2.45) is 0 Å². The first kappa shape index (κ1) is 27.1. The Bertz CT molecular complexity index is 1330. The van der Waals surface area contributed by atoms with Gasteiger partial charge in [0.2, 0.25) is 0 Å². The van der Waals surface area contributed by atoms with Gasteiger partial charge in [-0.15, -0.1) is 0 Å². The van der Waals surface area contributed by atoms with Gasteiger partial charge in [-0.1, -0.05) is 37.3 Å². The summed E-state index contributed by atoms with van der Waals surface area (Å²) in [6.07, 6.45) is -4.79. The van der Waals surface area contributed by atoms with Crippen molar-refractivity contribution >= 4 is 27.9 Å². The predicted molar refractivity (Wildman–Crippen MR) is 129 cm³/mol. The molecule has 0 aliphatic carbocycles. The lowest BCUT2D eigenvalue weighted by Gasteiger charge is -2.22. The molecular weight excluding hydrogens is 497 g/mol. The number of aryl methyl sites for hydroxylation is 1. The molecule has 12 heteroatoms. The minimum Gasteiger partial charge on any atom is -0.391 e. The largest absolute Gasteiger partial charge is 0.418 e. The molecule has 192 valence electrons. The number of alkyl halides is 3. The molecule has 0 unspecified atom stereocenters. The summed E-state index contributed by atoms with van der Waals surface area (Å²) in [4.78, 5) is 18.7. The molecule has 0 spiro atoms. The zero-order chi connectivity index (χ0) is 26.5. The molecule has 36 heavy (non-hydrogen) atoms. The summed E-state index contributed by atoms with van der Waals surface area (Å²) in [5.74, 6) is -0.176. The van der Waals surface area contributed by atoms with Crippen LogP contribution in [0.1, 0.15) is 30.9 Å². The molecule has 3 N–H and O–H groups in total. The lowest BCUT2D eigenvalue weighted by Crippen LogP contribution is -2.33. The zero-order valence-electron chi connectivity index (χ0n) is 19.5. The Hall–Kier alpha value is -3.51. The van der Waals surface area contributed by atoms with Crippen LogP contribution >= 0.6 is 0 Å². The number of sulfonamides is 1. The Labute approximate surface area is 206 Å². The molecule has 0 radical (unpaired) electrons. The second kappa shape index (κ2) is 11.0. The molecule has 3 aromatic rings. The number of carbonyl (C=O) groups is 1. The lowest BCUT2D eigenvalue weighted by atomic mass is 10.0. The quantitative estimate of drug-likeness (QED) is 0.337. The molecule has 0 aliphatic heterocycles. The number of nitrogens with one attached hydrogen (secondary N) is 2. The van der Waals surface area contributed by atoms with Crippen LogP contribution in [0.2, 0.25) is 0 Å². The number of pyridine rings is 2. The Morgan fingerprint density at radius 1 is 1.03 bits per heavy atom. The van der Waals surface area contributed by atoms with E-state index >= 15 is 0 Å². The topological polar surface area (TPSA) is 121 Å². The van der Waals surface area contributed by atoms with Gasteiger partial charge in [0.1, 0.15) is 17.9 Å². The summed E-state index contributed by atoms with van der Waals surface area (Å²) in [6, 6.07) is 11.6. The highest BCUT2D eigenvalue weighted by atomic mass is 32.2. The van der Waals surface area contributed by atoms with E-state index in [0.29, 0.717) is 18.3 Å². The number of aldehydes is 1. The maximum atomic E-state index is 13.7. The van der Waals surface area contributed by atoms with Gasteiger partial charge < -0.3 is 15.2 Å². The summed E-state index contributed by atoms with van der Waals surface area (Å²) >= 11 is 0. The highest BCUT2D eigenvalue weighted by molar-refractivity contribution is 7.92. The summed E-state index contributed by atoms with van der Waals surface area (Å²) in [6.45, 7) is 3.40. The van der Waals surface area contributed by atoms with Gasteiger partial charge in [0, 0.05) is 12.0 Å².